The zero-order chi connectivity index (χ0) is 14.0. The first kappa shape index (κ1) is 13.6. The average molecular weight is 269 g/mol. The van der Waals surface area contributed by atoms with Crippen LogP contribution in [0.2, 0.25) is 0 Å². The van der Waals surface area contributed by atoms with Gasteiger partial charge in [0.2, 0.25) is 0 Å². The number of benzene rings is 1. The molecular weight excluding hydrogens is 246 g/mol. The predicted octanol–water partition coefficient (Wildman–Crippen LogP) is 3.73. The molecule has 0 heterocycles. The van der Waals surface area contributed by atoms with Crippen LogP contribution < -0.4 is 0 Å². The van der Waals surface area contributed by atoms with Crippen molar-refractivity contribution < 1.29 is 5.11 Å². The average Bonchev–Trinajstić information content (AvgIpc) is 2.68. The van der Waals surface area contributed by atoms with Gasteiger partial charge in [0.15, 0.2) is 0 Å². The predicted molar refractivity (Wildman–Crippen MR) is 79.3 cm³/mol. The molecule has 2 heteroatoms. The minimum Gasteiger partial charge on any atom is -0.391 e. The van der Waals surface area contributed by atoms with Crippen LogP contribution in [0.25, 0.3) is 0 Å². The van der Waals surface area contributed by atoms with E-state index >= 15 is 0 Å². The molecule has 1 fully saturated rings. The number of aryl methyl sites for hydroxylation is 1. The molecule has 2 unspecified atom stereocenters. The van der Waals surface area contributed by atoms with Crippen molar-refractivity contribution in [3.8, 4) is 6.07 Å². The number of aliphatic hydroxyl groups excluding tert-OH is 1. The van der Waals surface area contributed by atoms with Gasteiger partial charge in [0.25, 0.3) is 0 Å². The van der Waals surface area contributed by atoms with Gasteiger partial charge in [-0.1, -0.05) is 49.9 Å². The highest BCUT2D eigenvalue weighted by molar-refractivity contribution is 5.45. The van der Waals surface area contributed by atoms with Crippen molar-refractivity contribution in [1.29, 1.82) is 5.26 Å². The van der Waals surface area contributed by atoms with E-state index in [4.69, 9.17) is 0 Å². The topological polar surface area (TPSA) is 44.0 Å². The van der Waals surface area contributed by atoms with Crippen molar-refractivity contribution in [2.75, 3.05) is 0 Å². The van der Waals surface area contributed by atoms with Crippen molar-refractivity contribution in [2.24, 2.45) is 5.92 Å². The van der Waals surface area contributed by atoms with E-state index < -0.39 is 11.5 Å². The Bertz CT molecular complexity index is 510. The molecule has 0 radical (unpaired) electrons. The fourth-order valence-corrected chi connectivity index (χ4v) is 4.16. The maximum atomic E-state index is 11.0. The van der Waals surface area contributed by atoms with Crippen LogP contribution in [-0.2, 0) is 11.8 Å². The molecule has 0 aliphatic heterocycles. The van der Waals surface area contributed by atoms with Gasteiger partial charge >= 0.3 is 0 Å². The third kappa shape index (κ3) is 2.15. The van der Waals surface area contributed by atoms with E-state index in [1.807, 2.05) is 18.2 Å². The molecule has 0 bridgehead atoms. The number of hydrogen-bond acceptors (Lipinski definition) is 2. The fraction of sp³-hybridized carbons (Fsp3) is 0.611. The lowest BCUT2D eigenvalue weighted by Gasteiger charge is -2.34. The zero-order valence-corrected chi connectivity index (χ0v) is 12.0. The maximum Gasteiger partial charge on any atom is 0.109 e. The maximum absolute atomic E-state index is 11.0. The summed E-state index contributed by atoms with van der Waals surface area (Å²) >= 11 is 0. The Hall–Kier alpha value is -1.33. The second kappa shape index (κ2) is 5.58. The first-order chi connectivity index (χ1) is 9.78. The summed E-state index contributed by atoms with van der Waals surface area (Å²) in [6.07, 6.45) is 8.30. The van der Waals surface area contributed by atoms with Crippen LogP contribution >= 0.6 is 0 Å². The summed E-state index contributed by atoms with van der Waals surface area (Å²) in [4.78, 5) is 0. The second-order valence-corrected chi connectivity index (χ2v) is 6.44. The molecule has 1 aromatic carbocycles. The molecule has 2 aliphatic rings. The standard InChI is InChI=1S/C18H23NO/c19-13-18(12-11-14-7-5-6-10-16(14)18)17(20)15-8-3-1-2-4-9-15/h5-7,10,15,17,20H,1-4,8-9,11-12H2. The molecule has 106 valence electrons. The van der Waals surface area contributed by atoms with E-state index in [2.05, 4.69) is 12.1 Å². The first-order valence-electron chi connectivity index (χ1n) is 7.95. The minimum atomic E-state index is -0.661. The van der Waals surface area contributed by atoms with E-state index in [1.165, 1.54) is 31.2 Å². The Morgan fingerprint density at radius 3 is 2.55 bits per heavy atom. The molecule has 3 rings (SSSR count). The Balaban J connectivity index is 1.92. The Morgan fingerprint density at radius 1 is 1.15 bits per heavy atom. The van der Waals surface area contributed by atoms with Gasteiger partial charge in [-0.2, -0.15) is 5.26 Å². The van der Waals surface area contributed by atoms with Crippen LogP contribution in [-0.4, -0.2) is 11.2 Å². The number of hydrogen-bond donors (Lipinski definition) is 1. The number of fused-ring (bicyclic) bond motifs is 1. The van der Waals surface area contributed by atoms with Gasteiger partial charge in [0.05, 0.1) is 12.2 Å². The van der Waals surface area contributed by atoms with Gasteiger partial charge in [0, 0.05) is 0 Å². The molecule has 2 atom stereocenters. The normalized spacial score (nSPS) is 28.4. The van der Waals surface area contributed by atoms with Crippen LogP contribution in [0.5, 0.6) is 0 Å². The highest BCUT2D eigenvalue weighted by atomic mass is 16.3. The van der Waals surface area contributed by atoms with Gasteiger partial charge in [0.1, 0.15) is 5.41 Å². The smallest absolute Gasteiger partial charge is 0.109 e. The van der Waals surface area contributed by atoms with Crippen molar-refractivity contribution in [3.63, 3.8) is 0 Å². The van der Waals surface area contributed by atoms with Gasteiger partial charge < -0.3 is 5.11 Å². The van der Waals surface area contributed by atoms with Crippen LogP contribution in [0.15, 0.2) is 24.3 Å². The summed E-state index contributed by atoms with van der Waals surface area (Å²) < 4.78 is 0. The van der Waals surface area contributed by atoms with Crippen LogP contribution in [0.1, 0.15) is 56.1 Å². The molecule has 1 N–H and O–H groups in total. The summed E-state index contributed by atoms with van der Waals surface area (Å²) in [5, 5.41) is 20.8. The van der Waals surface area contributed by atoms with Crippen molar-refractivity contribution in [2.45, 2.75) is 62.9 Å². The highest BCUT2D eigenvalue weighted by Crippen LogP contribution is 2.45. The molecule has 1 saturated carbocycles. The summed E-state index contributed by atoms with van der Waals surface area (Å²) in [7, 11) is 0. The molecule has 20 heavy (non-hydrogen) atoms. The minimum absolute atomic E-state index is 0.295. The van der Waals surface area contributed by atoms with Crippen LogP contribution in [0, 0.1) is 17.2 Å². The highest BCUT2D eigenvalue weighted by Gasteiger charge is 2.47. The van der Waals surface area contributed by atoms with Crippen molar-refractivity contribution >= 4 is 0 Å². The van der Waals surface area contributed by atoms with Crippen molar-refractivity contribution in [1.82, 2.24) is 0 Å². The van der Waals surface area contributed by atoms with E-state index in [-0.39, 0.29) is 0 Å². The number of aliphatic hydroxyl groups is 1. The third-order valence-corrected chi connectivity index (χ3v) is 5.34. The lowest BCUT2D eigenvalue weighted by molar-refractivity contribution is 0.0449. The van der Waals surface area contributed by atoms with E-state index in [0.29, 0.717) is 5.92 Å². The summed E-state index contributed by atoms with van der Waals surface area (Å²) in [5.41, 5.74) is 1.67. The third-order valence-electron chi connectivity index (χ3n) is 5.34. The molecule has 0 saturated heterocycles. The van der Waals surface area contributed by atoms with E-state index in [9.17, 15) is 10.4 Å². The van der Waals surface area contributed by atoms with Crippen LogP contribution in [0.3, 0.4) is 0 Å². The molecule has 0 amide bonds. The number of rotatable bonds is 2. The molecule has 2 aliphatic carbocycles. The van der Waals surface area contributed by atoms with Gasteiger partial charge in [-0.25, -0.2) is 0 Å². The van der Waals surface area contributed by atoms with Gasteiger partial charge in [-0.05, 0) is 42.7 Å². The second-order valence-electron chi connectivity index (χ2n) is 6.44. The largest absolute Gasteiger partial charge is 0.391 e. The van der Waals surface area contributed by atoms with E-state index in [0.717, 1.165) is 31.2 Å². The van der Waals surface area contributed by atoms with Gasteiger partial charge in [-0.15, -0.1) is 0 Å². The SMILES string of the molecule is N#CC1(C(O)C2CCCCCC2)CCc2ccccc21. The van der Waals surface area contributed by atoms with Gasteiger partial charge in [-0.3, -0.25) is 0 Å². The van der Waals surface area contributed by atoms with Crippen LogP contribution in [0.4, 0.5) is 0 Å². The summed E-state index contributed by atoms with van der Waals surface area (Å²) in [6.45, 7) is 0. The Labute approximate surface area is 121 Å². The molecule has 1 aromatic rings. The van der Waals surface area contributed by atoms with E-state index in [1.54, 1.807) is 0 Å². The lowest BCUT2D eigenvalue weighted by atomic mass is 9.71. The monoisotopic (exact) mass is 269 g/mol. The molecule has 0 aromatic heterocycles. The molecule has 2 nitrogen and oxygen atoms in total. The Morgan fingerprint density at radius 2 is 1.85 bits per heavy atom. The quantitative estimate of drug-likeness (QED) is 0.831. The number of nitrogens with zero attached hydrogens (tertiary/aromatic N) is 1. The summed E-state index contributed by atoms with van der Waals surface area (Å²) in [6, 6.07) is 10.7. The Kier molecular flexibility index (Phi) is 3.81. The van der Waals surface area contributed by atoms with Crippen molar-refractivity contribution in [3.05, 3.63) is 35.4 Å². The zero-order valence-electron chi connectivity index (χ0n) is 12.0. The summed E-state index contributed by atoms with van der Waals surface area (Å²) in [5.74, 6) is 0.295. The molecular formula is C18H23NO. The number of nitriles is 1. The fourth-order valence-electron chi connectivity index (χ4n) is 4.16. The first-order valence-corrected chi connectivity index (χ1v) is 7.95. The lowest BCUT2D eigenvalue weighted by Crippen LogP contribution is -2.41. The molecule has 0 spiro atoms.